The molecule has 5 heteroatoms. The third kappa shape index (κ3) is 2.29. The van der Waals surface area contributed by atoms with E-state index in [1.165, 1.54) is 0 Å². The SMILES string of the molecule is c1ccc(Nc2nc(-c3ccccc3)nc3[nH]cnc23)cc1. The standard InChI is InChI=1S/C17H13N5/c1-3-7-12(8-4-1)15-21-16-14(18-11-19-16)17(22-15)20-13-9-5-2-6-10-13/h1-11H,(H2,18,19,20,21,22). The minimum atomic E-state index is 0.663. The number of para-hydroxylation sites is 1. The highest BCUT2D eigenvalue weighted by atomic mass is 15.1. The van der Waals surface area contributed by atoms with E-state index in [4.69, 9.17) is 0 Å². The average Bonchev–Trinajstić information content (AvgIpc) is 3.05. The Balaban J connectivity index is 1.84. The van der Waals surface area contributed by atoms with Gasteiger partial charge in [-0.1, -0.05) is 48.5 Å². The summed E-state index contributed by atoms with van der Waals surface area (Å²) >= 11 is 0. The van der Waals surface area contributed by atoms with Gasteiger partial charge in [-0.2, -0.15) is 0 Å². The van der Waals surface area contributed by atoms with Crippen LogP contribution in [0.25, 0.3) is 22.6 Å². The summed E-state index contributed by atoms with van der Waals surface area (Å²) in [4.78, 5) is 16.5. The molecule has 0 fully saturated rings. The van der Waals surface area contributed by atoms with Gasteiger partial charge in [0.1, 0.15) is 0 Å². The lowest BCUT2D eigenvalue weighted by Crippen LogP contribution is -1.99. The van der Waals surface area contributed by atoms with Crippen LogP contribution in [0.4, 0.5) is 11.5 Å². The molecule has 0 radical (unpaired) electrons. The second kappa shape index (κ2) is 5.29. The van der Waals surface area contributed by atoms with E-state index in [2.05, 4.69) is 25.3 Å². The number of aromatic amines is 1. The van der Waals surface area contributed by atoms with Crippen LogP contribution in [0.5, 0.6) is 0 Å². The van der Waals surface area contributed by atoms with Gasteiger partial charge in [0.2, 0.25) is 0 Å². The lowest BCUT2D eigenvalue weighted by atomic mass is 10.2. The van der Waals surface area contributed by atoms with E-state index in [9.17, 15) is 0 Å². The van der Waals surface area contributed by atoms with E-state index in [1.54, 1.807) is 6.33 Å². The molecule has 4 aromatic rings. The fourth-order valence-corrected chi connectivity index (χ4v) is 2.30. The first-order valence-electron chi connectivity index (χ1n) is 6.99. The summed E-state index contributed by atoms with van der Waals surface area (Å²) < 4.78 is 0. The number of anilines is 2. The number of nitrogens with zero attached hydrogens (tertiary/aromatic N) is 3. The number of benzene rings is 2. The maximum atomic E-state index is 4.63. The largest absolute Gasteiger partial charge is 0.338 e. The molecule has 0 unspecified atom stereocenters. The van der Waals surface area contributed by atoms with E-state index in [0.717, 1.165) is 16.8 Å². The van der Waals surface area contributed by atoms with Crippen molar-refractivity contribution in [3.63, 3.8) is 0 Å². The van der Waals surface area contributed by atoms with Crippen molar-refractivity contribution in [3.8, 4) is 11.4 Å². The topological polar surface area (TPSA) is 66.5 Å². The Bertz CT molecular complexity index is 900. The molecule has 0 aliphatic rings. The number of rotatable bonds is 3. The number of aromatic nitrogens is 4. The van der Waals surface area contributed by atoms with Crippen molar-refractivity contribution in [2.24, 2.45) is 0 Å². The molecule has 0 aliphatic carbocycles. The Morgan fingerprint density at radius 1 is 0.818 bits per heavy atom. The lowest BCUT2D eigenvalue weighted by molar-refractivity contribution is 1.20. The number of hydrogen-bond acceptors (Lipinski definition) is 4. The van der Waals surface area contributed by atoms with Gasteiger partial charge in [0.25, 0.3) is 0 Å². The van der Waals surface area contributed by atoms with Gasteiger partial charge in [-0.3, -0.25) is 0 Å². The number of H-pyrrole nitrogens is 1. The zero-order valence-electron chi connectivity index (χ0n) is 11.7. The molecule has 0 amide bonds. The maximum Gasteiger partial charge on any atom is 0.164 e. The highest BCUT2D eigenvalue weighted by Gasteiger charge is 2.11. The summed E-state index contributed by atoms with van der Waals surface area (Å²) in [6, 6.07) is 19.8. The van der Waals surface area contributed by atoms with Crippen LogP contribution in [-0.4, -0.2) is 19.9 Å². The Morgan fingerprint density at radius 3 is 2.32 bits per heavy atom. The smallest absolute Gasteiger partial charge is 0.164 e. The Hall–Kier alpha value is -3.21. The fourth-order valence-electron chi connectivity index (χ4n) is 2.30. The van der Waals surface area contributed by atoms with Gasteiger partial charge < -0.3 is 10.3 Å². The maximum absolute atomic E-state index is 4.63. The molecule has 2 aromatic carbocycles. The van der Waals surface area contributed by atoms with Gasteiger partial charge in [-0.05, 0) is 12.1 Å². The highest BCUT2D eigenvalue weighted by Crippen LogP contribution is 2.25. The first-order chi connectivity index (χ1) is 10.9. The summed E-state index contributed by atoms with van der Waals surface area (Å²) in [5.74, 6) is 1.35. The molecule has 22 heavy (non-hydrogen) atoms. The van der Waals surface area contributed by atoms with Crippen molar-refractivity contribution in [2.75, 3.05) is 5.32 Å². The van der Waals surface area contributed by atoms with Crippen molar-refractivity contribution in [1.29, 1.82) is 0 Å². The monoisotopic (exact) mass is 287 g/mol. The van der Waals surface area contributed by atoms with Crippen LogP contribution in [0.1, 0.15) is 0 Å². The van der Waals surface area contributed by atoms with Crippen molar-refractivity contribution < 1.29 is 0 Å². The second-order valence-electron chi connectivity index (χ2n) is 4.85. The predicted molar refractivity (Wildman–Crippen MR) is 86.8 cm³/mol. The van der Waals surface area contributed by atoms with Crippen LogP contribution < -0.4 is 5.32 Å². The third-order valence-electron chi connectivity index (χ3n) is 3.35. The van der Waals surface area contributed by atoms with E-state index in [0.29, 0.717) is 17.3 Å². The Morgan fingerprint density at radius 2 is 1.55 bits per heavy atom. The Labute approximate surface area is 127 Å². The molecule has 0 spiro atoms. The van der Waals surface area contributed by atoms with Crippen molar-refractivity contribution in [1.82, 2.24) is 19.9 Å². The number of nitrogens with one attached hydrogen (secondary N) is 2. The van der Waals surface area contributed by atoms with E-state index >= 15 is 0 Å². The van der Waals surface area contributed by atoms with E-state index in [-0.39, 0.29) is 0 Å². The molecule has 0 aliphatic heterocycles. The second-order valence-corrected chi connectivity index (χ2v) is 4.85. The van der Waals surface area contributed by atoms with Crippen LogP contribution in [-0.2, 0) is 0 Å². The molecule has 0 saturated carbocycles. The summed E-state index contributed by atoms with van der Waals surface area (Å²) in [7, 11) is 0. The van der Waals surface area contributed by atoms with E-state index in [1.807, 2.05) is 60.7 Å². The van der Waals surface area contributed by atoms with Crippen LogP contribution in [0.2, 0.25) is 0 Å². The van der Waals surface area contributed by atoms with Crippen molar-refractivity contribution in [2.45, 2.75) is 0 Å². The van der Waals surface area contributed by atoms with Crippen molar-refractivity contribution >= 4 is 22.7 Å². The average molecular weight is 287 g/mol. The van der Waals surface area contributed by atoms with Gasteiger partial charge in [0.15, 0.2) is 22.8 Å². The van der Waals surface area contributed by atoms with Gasteiger partial charge >= 0.3 is 0 Å². The molecular weight excluding hydrogens is 274 g/mol. The van der Waals surface area contributed by atoms with Crippen LogP contribution >= 0.6 is 0 Å². The summed E-state index contributed by atoms with van der Waals surface area (Å²) in [5, 5.41) is 3.31. The number of fused-ring (bicyclic) bond motifs is 1. The lowest BCUT2D eigenvalue weighted by Gasteiger charge is -2.08. The molecule has 2 N–H and O–H groups in total. The molecule has 5 nitrogen and oxygen atoms in total. The number of imidazole rings is 1. The summed E-state index contributed by atoms with van der Waals surface area (Å²) in [6.45, 7) is 0. The molecule has 2 aromatic heterocycles. The molecule has 0 atom stereocenters. The Kier molecular flexibility index (Phi) is 3.01. The quantitative estimate of drug-likeness (QED) is 0.602. The van der Waals surface area contributed by atoms with Gasteiger partial charge in [0, 0.05) is 11.3 Å². The minimum Gasteiger partial charge on any atom is -0.338 e. The molecule has 106 valence electrons. The molecule has 0 saturated heterocycles. The first-order valence-corrected chi connectivity index (χ1v) is 6.99. The van der Waals surface area contributed by atoms with Crippen LogP contribution in [0.15, 0.2) is 67.0 Å². The minimum absolute atomic E-state index is 0.663. The van der Waals surface area contributed by atoms with Crippen molar-refractivity contribution in [3.05, 3.63) is 67.0 Å². The highest BCUT2D eigenvalue weighted by molar-refractivity contribution is 5.86. The molecule has 4 rings (SSSR count). The van der Waals surface area contributed by atoms with Gasteiger partial charge in [-0.15, -0.1) is 0 Å². The predicted octanol–water partition coefficient (Wildman–Crippen LogP) is 3.76. The molecule has 2 heterocycles. The van der Waals surface area contributed by atoms with Crippen LogP contribution in [0, 0.1) is 0 Å². The normalized spacial score (nSPS) is 10.7. The fraction of sp³-hybridized carbons (Fsp3) is 0. The third-order valence-corrected chi connectivity index (χ3v) is 3.35. The van der Waals surface area contributed by atoms with Crippen LogP contribution in [0.3, 0.4) is 0 Å². The van der Waals surface area contributed by atoms with Gasteiger partial charge in [-0.25, -0.2) is 15.0 Å². The summed E-state index contributed by atoms with van der Waals surface area (Å²) in [5.41, 5.74) is 3.37. The summed E-state index contributed by atoms with van der Waals surface area (Å²) in [6.07, 6.45) is 1.63. The zero-order valence-corrected chi connectivity index (χ0v) is 11.7. The number of hydrogen-bond donors (Lipinski definition) is 2. The zero-order chi connectivity index (χ0) is 14.8. The van der Waals surface area contributed by atoms with Gasteiger partial charge in [0.05, 0.1) is 6.33 Å². The molecular formula is C17H13N5. The molecule has 0 bridgehead atoms. The van der Waals surface area contributed by atoms with E-state index < -0.39 is 0 Å². The first kappa shape index (κ1) is 12.5.